The van der Waals surface area contributed by atoms with Gasteiger partial charge >= 0.3 is 0 Å². The Bertz CT molecular complexity index is 630. The topological polar surface area (TPSA) is 0 Å². The van der Waals surface area contributed by atoms with Gasteiger partial charge in [-0.3, -0.25) is 0 Å². The van der Waals surface area contributed by atoms with Crippen molar-refractivity contribution in [3.63, 3.8) is 0 Å². The van der Waals surface area contributed by atoms with E-state index in [1.165, 1.54) is 48.8 Å². The molecule has 0 amide bonds. The van der Waals surface area contributed by atoms with Crippen LogP contribution in [0.15, 0.2) is 42.5 Å². The fourth-order valence-electron chi connectivity index (χ4n) is 4.27. The Morgan fingerprint density at radius 2 is 1.53 bits per heavy atom. The second kappa shape index (κ2) is 3.96. The third kappa shape index (κ3) is 1.46. The Morgan fingerprint density at radius 3 is 2.37 bits per heavy atom. The van der Waals surface area contributed by atoms with Crippen LogP contribution in [0.1, 0.15) is 48.8 Å². The van der Waals surface area contributed by atoms with Gasteiger partial charge in [0.15, 0.2) is 0 Å². The molecular formula is C19H20. The first-order chi connectivity index (χ1) is 9.31. The molecule has 96 valence electrons. The van der Waals surface area contributed by atoms with Crippen molar-refractivity contribution in [3.05, 3.63) is 59.2 Å². The van der Waals surface area contributed by atoms with Gasteiger partial charge in [-0.1, -0.05) is 67.3 Å². The first kappa shape index (κ1) is 11.3. The molecule has 19 heavy (non-hydrogen) atoms. The summed E-state index contributed by atoms with van der Waals surface area (Å²) in [6, 6.07) is 16.2. The lowest BCUT2D eigenvalue weighted by atomic mass is 9.68. The molecule has 0 heterocycles. The summed E-state index contributed by atoms with van der Waals surface area (Å²) in [5, 5.41) is 0. The molecule has 1 saturated carbocycles. The average Bonchev–Trinajstić information content (AvgIpc) is 2.71. The molecule has 1 fully saturated rings. The van der Waals surface area contributed by atoms with E-state index >= 15 is 0 Å². The Kier molecular flexibility index (Phi) is 2.35. The maximum atomic E-state index is 2.40. The number of fused-ring (bicyclic) bond motifs is 5. The summed E-state index contributed by atoms with van der Waals surface area (Å²) in [5.74, 6) is 0. The molecule has 0 nitrogen and oxygen atoms in total. The van der Waals surface area contributed by atoms with Crippen molar-refractivity contribution in [1.82, 2.24) is 0 Å². The van der Waals surface area contributed by atoms with Gasteiger partial charge in [0.05, 0.1) is 0 Å². The summed E-state index contributed by atoms with van der Waals surface area (Å²) in [4.78, 5) is 0. The maximum Gasteiger partial charge on any atom is 0.0215 e. The van der Waals surface area contributed by atoms with E-state index in [-0.39, 0.29) is 0 Å². The molecule has 0 saturated heterocycles. The summed E-state index contributed by atoms with van der Waals surface area (Å²) in [7, 11) is 0. The van der Waals surface area contributed by atoms with Gasteiger partial charge in [-0.15, -0.1) is 0 Å². The van der Waals surface area contributed by atoms with Crippen molar-refractivity contribution in [1.29, 1.82) is 0 Å². The van der Waals surface area contributed by atoms with Gasteiger partial charge < -0.3 is 0 Å². The highest BCUT2D eigenvalue weighted by atomic mass is 14.5. The number of rotatable bonds is 0. The van der Waals surface area contributed by atoms with Gasteiger partial charge in [0.25, 0.3) is 0 Å². The van der Waals surface area contributed by atoms with E-state index in [1.807, 2.05) is 0 Å². The van der Waals surface area contributed by atoms with E-state index in [2.05, 4.69) is 49.4 Å². The highest BCUT2D eigenvalue weighted by molar-refractivity contribution is 5.81. The highest BCUT2D eigenvalue weighted by Gasteiger charge is 2.43. The second-order valence-corrected chi connectivity index (χ2v) is 6.24. The highest BCUT2D eigenvalue weighted by Crippen LogP contribution is 2.55. The van der Waals surface area contributed by atoms with E-state index in [1.54, 1.807) is 11.1 Å². The molecule has 0 aliphatic heterocycles. The molecule has 1 spiro atoms. The smallest absolute Gasteiger partial charge is 0.0215 e. The first-order valence-electron chi connectivity index (χ1n) is 7.52. The monoisotopic (exact) mass is 248 g/mol. The van der Waals surface area contributed by atoms with Crippen LogP contribution in [-0.4, -0.2) is 0 Å². The standard InChI is InChI=1S/C19H20/c1-14-9-10-18-16(13-14)15-7-3-4-8-17(15)19(18)11-5-2-6-12-19/h3-4,7-10,13H,2,5-6,11-12H2,1H3. The third-order valence-electron chi connectivity index (χ3n) is 5.13. The molecule has 0 unspecified atom stereocenters. The molecule has 2 aromatic rings. The van der Waals surface area contributed by atoms with Crippen LogP contribution in [-0.2, 0) is 5.41 Å². The van der Waals surface area contributed by atoms with E-state index in [0.717, 1.165) is 0 Å². The normalized spacial score (nSPS) is 19.2. The van der Waals surface area contributed by atoms with Crippen LogP contribution in [0.2, 0.25) is 0 Å². The Hall–Kier alpha value is -1.56. The van der Waals surface area contributed by atoms with Crippen molar-refractivity contribution in [2.24, 2.45) is 0 Å². The SMILES string of the molecule is Cc1ccc2c(c1)-c1ccccc1C21CCCCC1. The molecular weight excluding hydrogens is 228 g/mol. The molecule has 2 aliphatic rings. The predicted octanol–water partition coefficient (Wildman–Crippen LogP) is 5.23. The summed E-state index contributed by atoms with van der Waals surface area (Å²) < 4.78 is 0. The molecule has 0 N–H and O–H groups in total. The van der Waals surface area contributed by atoms with Crippen LogP contribution in [0.4, 0.5) is 0 Å². The molecule has 0 heteroatoms. The lowest BCUT2D eigenvalue weighted by Gasteiger charge is -2.35. The largest absolute Gasteiger partial charge is 0.0619 e. The Labute approximate surface area is 115 Å². The molecule has 2 aliphatic carbocycles. The third-order valence-corrected chi connectivity index (χ3v) is 5.13. The fourth-order valence-corrected chi connectivity index (χ4v) is 4.27. The first-order valence-corrected chi connectivity index (χ1v) is 7.52. The van der Waals surface area contributed by atoms with Crippen molar-refractivity contribution < 1.29 is 0 Å². The van der Waals surface area contributed by atoms with Gasteiger partial charge in [-0.25, -0.2) is 0 Å². The minimum absolute atomic E-state index is 0.331. The summed E-state index contributed by atoms with van der Waals surface area (Å²) in [5.41, 5.74) is 7.88. The van der Waals surface area contributed by atoms with Crippen LogP contribution in [0.25, 0.3) is 11.1 Å². The van der Waals surface area contributed by atoms with Crippen LogP contribution in [0, 0.1) is 6.92 Å². The molecule has 0 bridgehead atoms. The fraction of sp³-hybridized carbons (Fsp3) is 0.368. The quantitative estimate of drug-likeness (QED) is 0.599. The van der Waals surface area contributed by atoms with Gasteiger partial charge in [-0.05, 0) is 42.0 Å². The molecule has 0 aromatic heterocycles. The Morgan fingerprint density at radius 1 is 0.789 bits per heavy atom. The van der Waals surface area contributed by atoms with Crippen molar-refractivity contribution in [3.8, 4) is 11.1 Å². The minimum Gasteiger partial charge on any atom is -0.0619 e. The number of benzene rings is 2. The number of hydrogen-bond donors (Lipinski definition) is 0. The van der Waals surface area contributed by atoms with Gasteiger partial charge in [0.1, 0.15) is 0 Å². The van der Waals surface area contributed by atoms with Gasteiger partial charge in [-0.2, -0.15) is 0 Å². The van der Waals surface area contributed by atoms with E-state index in [9.17, 15) is 0 Å². The van der Waals surface area contributed by atoms with E-state index in [0.29, 0.717) is 5.41 Å². The van der Waals surface area contributed by atoms with Crippen molar-refractivity contribution in [2.45, 2.75) is 44.4 Å². The van der Waals surface area contributed by atoms with Gasteiger partial charge in [0, 0.05) is 5.41 Å². The number of aryl methyl sites for hydroxylation is 1. The summed E-state index contributed by atoms with van der Waals surface area (Å²) in [6.45, 7) is 2.20. The van der Waals surface area contributed by atoms with Crippen LogP contribution in [0.3, 0.4) is 0 Å². The summed E-state index contributed by atoms with van der Waals surface area (Å²) in [6.07, 6.45) is 6.83. The zero-order chi connectivity index (χ0) is 12.9. The summed E-state index contributed by atoms with van der Waals surface area (Å²) >= 11 is 0. The van der Waals surface area contributed by atoms with Crippen LogP contribution < -0.4 is 0 Å². The zero-order valence-corrected chi connectivity index (χ0v) is 11.6. The lowest BCUT2D eigenvalue weighted by Crippen LogP contribution is -2.27. The van der Waals surface area contributed by atoms with Crippen LogP contribution >= 0.6 is 0 Å². The molecule has 0 radical (unpaired) electrons. The van der Waals surface area contributed by atoms with E-state index in [4.69, 9.17) is 0 Å². The predicted molar refractivity (Wildman–Crippen MR) is 80.5 cm³/mol. The second-order valence-electron chi connectivity index (χ2n) is 6.24. The maximum absolute atomic E-state index is 2.40. The molecule has 4 rings (SSSR count). The number of hydrogen-bond acceptors (Lipinski definition) is 0. The lowest BCUT2D eigenvalue weighted by molar-refractivity contribution is 0.353. The minimum atomic E-state index is 0.331. The van der Waals surface area contributed by atoms with E-state index < -0.39 is 0 Å². The Balaban J connectivity index is 2.03. The molecule has 0 atom stereocenters. The van der Waals surface area contributed by atoms with Crippen molar-refractivity contribution in [2.75, 3.05) is 0 Å². The van der Waals surface area contributed by atoms with Crippen molar-refractivity contribution >= 4 is 0 Å². The van der Waals surface area contributed by atoms with Crippen LogP contribution in [0.5, 0.6) is 0 Å². The average molecular weight is 248 g/mol. The molecule has 2 aromatic carbocycles. The van der Waals surface area contributed by atoms with Gasteiger partial charge in [0.2, 0.25) is 0 Å². The zero-order valence-electron chi connectivity index (χ0n) is 11.6.